The van der Waals surface area contributed by atoms with Gasteiger partial charge in [-0.3, -0.25) is 0 Å². The Morgan fingerprint density at radius 2 is 1.78 bits per heavy atom. The average molecular weight is 369 g/mol. The first-order valence-electron chi connectivity index (χ1n) is 9.26. The van der Waals surface area contributed by atoms with E-state index in [9.17, 15) is 4.79 Å². The van der Waals surface area contributed by atoms with Crippen molar-refractivity contribution in [3.63, 3.8) is 0 Å². The van der Waals surface area contributed by atoms with Gasteiger partial charge in [0, 0.05) is 0 Å². The maximum Gasteiger partial charge on any atom is 0.407 e. The van der Waals surface area contributed by atoms with Gasteiger partial charge in [0.25, 0.3) is 0 Å². The van der Waals surface area contributed by atoms with Crippen LogP contribution in [0.1, 0.15) is 31.9 Å². The second kappa shape index (κ2) is 8.44. The average Bonchev–Trinajstić information content (AvgIpc) is 3.46. The van der Waals surface area contributed by atoms with Crippen molar-refractivity contribution in [1.29, 1.82) is 0 Å². The smallest absolute Gasteiger partial charge is 0.407 e. The molecule has 1 saturated heterocycles. The molecule has 1 aliphatic rings. The maximum absolute atomic E-state index is 12.2. The summed E-state index contributed by atoms with van der Waals surface area (Å²) >= 11 is 0. The molecule has 0 aromatic heterocycles. The van der Waals surface area contributed by atoms with E-state index in [1.807, 2.05) is 75.4 Å². The van der Waals surface area contributed by atoms with Crippen LogP contribution < -0.4 is 10.1 Å². The molecule has 1 fully saturated rings. The Balaban J connectivity index is 1.52. The lowest BCUT2D eigenvalue weighted by molar-refractivity contribution is 0.130. The van der Waals surface area contributed by atoms with Crippen LogP contribution >= 0.6 is 0 Å². The van der Waals surface area contributed by atoms with Crippen LogP contribution in [-0.2, 0) is 22.5 Å². The molecule has 2 atom stereocenters. The van der Waals surface area contributed by atoms with E-state index in [-0.39, 0.29) is 24.4 Å². The molecule has 1 N–H and O–H groups in total. The minimum Gasteiger partial charge on any atom is -0.488 e. The highest BCUT2D eigenvalue weighted by Gasteiger charge is 2.34. The van der Waals surface area contributed by atoms with Gasteiger partial charge in [0.15, 0.2) is 0 Å². The lowest BCUT2D eigenvalue weighted by atomic mass is 10.0. The summed E-state index contributed by atoms with van der Waals surface area (Å²) in [5.41, 5.74) is 1.84. The SMILES string of the molecule is CC(C)(C)Oc1ccc(C[C@H](NC(=O)OCc2ccccc2)[C@H]2CO2)cc1. The van der Waals surface area contributed by atoms with Gasteiger partial charge in [-0.2, -0.15) is 0 Å². The van der Waals surface area contributed by atoms with Crippen molar-refractivity contribution in [2.75, 3.05) is 6.61 Å². The van der Waals surface area contributed by atoms with Crippen LogP contribution in [0.5, 0.6) is 5.75 Å². The minimum atomic E-state index is -0.424. The van der Waals surface area contributed by atoms with Crippen LogP contribution in [0.25, 0.3) is 0 Å². The summed E-state index contributed by atoms with van der Waals surface area (Å²) in [5.74, 6) is 0.834. The molecular formula is C22H27NO4. The number of alkyl carbamates (subject to hydrolysis) is 1. The summed E-state index contributed by atoms with van der Waals surface area (Å²) in [4.78, 5) is 12.2. The van der Waals surface area contributed by atoms with Gasteiger partial charge in [0.05, 0.1) is 12.6 Å². The van der Waals surface area contributed by atoms with Crippen molar-refractivity contribution < 1.29 is 19.0 Å². The predicted molar refractivity (Wildman–Crippen MR) is 104 cm³/mol. The van der Waals surface area contributed by atoms with Gasteiger partial charge < -0.3 is 19.5 Å². The van der Waals surface area contributed by atoms with E-state index in [1.54, 1.807) is 0 Å². The lowest BCUT2D eigenvalue weighted by Gasteiger charge is -2.21. The third-order valence-corrected chi connectivity index (χ3v) is 4.13. The standard InChI is InChI=1S/C22H27NO4/c1-22(2,3)27-18-11-9-16(10-12-18)13-19(20-15-25-20)23-21(24)26-14-17-7-5-4-6-8-17/h4-12,19-20H,13-15H2,1-3H3,(H,23,24)/t19-,20+/m0/s1. The highest BCUT2D eigenvalue weighted by molar-refractivity contribution is 5.67. The number of hydrogen-bond acceptors (Lipinski definition) is 4. The molecule has 0 saturated carbocycles. The molecule has 5 nitrogen and oxygen atoms in total. The minimum absolute atomic E-state index is 0.0415. The van der Waals surface area contributed by atoms with Crippen LogP contribution in [0.3, 0.4) is 0 Å². The van der Waals surface area contributed by atoms with Crippen molar-refractivity contribution in [2.24, 2.45) is 0 Å². The molecule has 2 aromatic rings. The number of rotatable bonds is 7. The van der Waals surface area contributed by atoms with Crippen LogP contribution in [0.4, 0.5) is 4.79 Å². The number of nitrogens with one attached hydrogen (secondary N) is 1. The molecule has 0 aliphatic carbocycles. The summed E-state index contributed by atoms with van der Waals surface area (Å²) in [6.45, 7) is 6.98. The second-order valence-corrected chi connectivity index (χ2v) is 7.75. The van der Waals surface area contributed by atoms with E-state index >= 15 is 0 Å². The molecule has 1 amide bonds. The first-order valence-corrected chi connectivity index (χ1v) is 9.26. The van der Waals surface area contributed by atoms with E-state index in [2.05, 4.69) is 5.32 Å². The monoisotopic (exact) mass is 369 g/mol. The molecule has 0 radical (unpaired) electrons. The van der Waals surface area contributed by atoms with E-state index < -0.39 is 6.09 Å². The van der Waals surface area contributed by atoms with Crippen molar-refractivity contribution in [2.45, 2.75) is 51.5 Å². The molecule has 2 aromatic carbocycles. The Morgan fingerprint density at radius 1 is 1.11 bits per heavy atom. The van der Waals surface area contributed by atoms with E-state index in [0.717, 1.165) is 16.9 Å². The highest BCUT2D eigenvalue weighted by Crippen LogP contribution is 2.22. The maximum atomic E-state index is 12.2. The quantitative estimate of drug-likeness (QED) is 0.747. The van der Waals surface area contributed by atoms with Gasteiger partial charge in [-0.25, -0.2) is 4.79 Å². The Bertz CT molecular complexity index is 733. The first kappa shape index (κ1) is 19.2. The second-order valence-electron chi connectivity index (χ2n) is 7.75. The molecule has 0 bridgehead atoms. The van der Waals surface area contributed by atoms with Crippen molar-refractivity contribution >= 4 is 6.09 Å². The molecule has 0 unspecified atom stereocenters. The molecule has 3 rings (SSSR count). The molecule has 1 aliphatic heterocycles. The topological polar surface area (TPSA) is 60.1 Å². The van der Waals surface area contributed by atoms with Gasteiger partial charge in [-0.1, -0.05) is 42.5 Å². The van der Waals surface area contributed by atoms with Gasteiger partial charge in [-0.05, 0) is 50.5 Å². The Kier molecular flexibility index (Phi) is 6.01. The largest absolute Gasteiger partial charge is 0.488 e. The molecule has 1 heterocycles. The van der Waals surface area contributed by atoms with Gasteiger partial charge in [-0.15, -0.1) is 0 Å². The molecule has 27 heavy (non-hydrogen) atoms. The number of epoxide rings is 1. The fraction of sp³-hybridized carbons (Fsp3) is 0.409. The zero-order valence-electron chi connectivity index (χ0n) is 16.1. The van der Waals surface area contributed by atoms with Crippen molar-refractivity contribution in [3.05, 3.63) is 65.7 Å². The normalized spacial score (nSPS) is 17.1. The number of amides is 1. The number of ether oxygens (including phenoxy) is 3. The number of benzene rings is 2. The highest BCUT2D eigenvalue weighted by atomic mass is 16.6. The lowest BCUT2D eigenvalue weighted by Crippen LogP contribution is -2.40. The van der Waals surface area contributed by atoms with E-state index in [1.165, 1.54) is 0 Å². The molecule has 5 heteroatoms. The van der Waals surface area contributed by atoms with Crippen molar-refractivity contribution in [3.8, 4) is 5.75 Å². The van der Waals surface area contributed by atoms with Crippen molar-refractivity contribution in [1.82, 2.24) is 5.32 Å². The third kappa shape index (κ3) is 6.61. The summed E-state index contributed by atoms with van der Waals surface area (Å²) in [6, 6.07) is 17.5. The summed E-state index contributed by atoms with van der Waals surface area (Å²) in [7, 11) is 0. The summed E-state index contributed by atoms with van der Waals surface area (Å²) < 4.78 is 16.6. The molecule has 0 spiro atoms. The number of carbonyl (C=O) groups is 1. The predicted octanol–water partition coefficient (Wildman–Crippen LogP) is 4.10. The fourth-order valence-electron chi connectivity index (χ4n) is 2.78. The van der Waals surface area contributed by atoms with E-state index in [4.69, 9.17) is 14.2 Å². The zero-order chi connectivity index (χ0) is 19.3. The fourth-order valence-corrected chi connectivity index (χ4v) is 2.78. The third-order valence-electron chi connectivity index (χ3n) is 4.13. The Labute approximate surface area is 160 Å². The van der Waals surface area contributed by atoms with Gasteiger partial charge in [0.1, 0.15) is 24.1 Å². The van der Waals surface area contributed by atoms with Gasteiger partial charge in [0.2, 0.25) is 0 Å². The Morgan fingerprint density at radius 3 is 2.37 bits per heavy atom. The summed E-state index contributed by atoms with van der Waals surface area (Å²) in [6.07, 6.45) is 0.299. The van der Waals surface area contributed by atoms with Crippen LogP contribution in [0, 0.1) is 0 Å². The van der Waals surface area contributed by atoms with Gasteiger partial charge >= 0.3 is 6.09 Å². The van der Waals surface area contributed by atoms with E-state index in [0.29, 0.717) is 13.0 Å². The van der Waals surface area contributed by atoms with Crippen LogP contribution in [0.15, 0.2) is 54.6 Å². The summed E-state index contributed by atoms with van der Waals surface area (Å²) in [5, 5.41) is 2.93. The number of carbonyl (C=O) groups excluding carboxylic acids is 1. The zero-order valence-corrected chi connectivity index (χ0v) is 16.1. The van der Waals surface area contributed by atoms with Crippen LogP contribution in [0.2, 0.25) is 0 Å². The first-order chi connectivity index (χ1) is 12.9. The van der Waals surface area contributed by atoms with Crippen LogP contribution in [-0.4, -0.2) is 30.4 Å². The number of hydrogen-bond donors (Lipinski definition) is 1. The molecule has 144 valence electrons. The molecular weight excluding hydrogens is 342 g/mol. The Hall–Kier alpha value is -2.53.